The lowest BCUT2D eigenvalue weighted by Crippen LogP contribution is -2.38. The Kier molecular flexibility index (Phi) is 5.66. The maximum Gasteiger partial charge on any atom is 0.416 e. The van der Waals surface area contributed by atoms with E-state index in [2.05, 4.69) is 15.4 Å². The van der Waals surface area contributed by atoms with E-state index in [-0.39, 0.29) is 16.5 Å². The maximum atomic E-state index is 13.0. The molecule has 6 nitrogen and oxygen atoms in total. The summed E-state index contributed by atoms with van der Waals surface area (Å²) in [6.45, 7) is 0.351. The number of carbonyl (C=O) groups excluding carboxylic acids is 1. The number of nitrogens with one attached hydrogen (secondary N) is 3. The molecule has 3 aromatic rings. The minimum Gasteiger partial charge on any atom is -0.364 e. The van der Waals surface area contributed by atoms with Gasteiger partial charge in [-0.3, -0.25) is 4.79 Å². The first-order chi connectivity index (χ1) is 15.1. The number of carbonyl (C=O) groups is 1. The first-order valence-electron chi connectivity index (χ1n) is 9.56. The molecule has 10 heteroatoms. The van der Waals surface area contributed by atoms with Gasteiger partial charge in [-0.15, -0.1) is 0 Å². The molecule has 0 radical (unpaired) electrons. The second kappa shape index (κ2) is 8.29. The predicted molar refractivity (Wildman–Crippen MR) is 112 cm³/mol. The number of amides is 1. The molecule has 32 heavy (non-hydrogen) atoms. The van der Waals surface area contributed by atoms with Gasteiger partial charge >= 0.3 is 6.18 Å². The van der Waals surface area contributed by atoms with Crippen molar-refractivity contribution in [2.45, 2.75) is 23.8 Å². The predicted octanol–water partition coefficient (Wildman–Crippen LogP) is 4.04. The number of fused-ring (bicyclic) bond motifs is 1. The summed E-state index contributed by atoms with van der Waals surface area (Å²) in [7, 11) is -4.03. The second-order valence-electron chi connectivity index (χ2n) is 7.20. The zero-order valence-corrected chi connectivity index (χ0v) is 17.3. The molecular weight excluding hydrogens is 443 g/mol. The van der Waals surface area contributed by atoms with Crippen molar-refractivity contribution in [3.05, 3.63) is 95.1 Å². The van der Waals surface area contributed by atoms with E-state index in [9.17, 15) is 26.4 Å². The van der Waals surface area contributed by atoms with Crippen LogP contribution in [-0.4, -0.2) is 14.3 Å². The van der Waals surface area contributed by atoms with Crippen LogP contribution in [0.3, 0.4) is 0 Å². The highest BCUT2D eigenvalue weighted by atomic mass is 32.2. The summed E-state index contributed by atoms with van der Waals surface area (Å²) in [4.78, 5) is 12.1. The lowest BCUT2D eigenvalue weighted by atomic mass is 10.1. The van der Waals surface area contributed by atoms with E-state index in [1.165, 1.54) is 24.3 Å². The molecule has 0 saturated carbocycles. The quantitative estimate of drug-likeness (QED) is 0.547. The molecule has 1 heterocycles. The molecule has 0 aromatic heterocycles. The van der Waals surface area contributed by atoms with Gasteiger partial charge in [0.1, 0.15) is 11.1 Å². The Morgan fingerprint density at radius 2 is 1.66 bits per heavy atom. The minimum atomic E-state index is -4.60. The van der Waals surface area contributed by atoms with Crippen LogP contribution < -0.4 is 15.4 Å². The monoisotopic (exact) mass is 461 g/mol. The Hall–Kier alpha value is -3.37. The van der Waals surface area contributed by atoms with Crippen LogP contribution >= 0.6 is 0 Å². The molecular formula is C22H18F3N3O3S. The maximum absolute atomic E-state index is 13.0. The van der Waals surface area contributed by atoms with E-state index in [0.717, 1.165) is 23.8 Å². The number of hydrogen-bond donors (Lipinski definition) is 3. The van der Waals surface area contributed by atoms with E-state index >= 15 is 0 Å². The van der Waals surface area contributed by atoms with Gasteiger partial charge in [0.05, 0.1) is 11.3 Å². The molecule has 166 valence electrons. The van der Waals surface area contributed by atoms with Crippen LogP contribution in [0.25, 0.3) is 0 Å². The number of anilines is 1. The Morgan fingerprint density at radius 3 is 2.31 bits per heavy atom. The topological polar surface area (TPSA) is 87.3 Å². The number of alkyl halides is 3. The van der Waals surface area contributed by atoms with E-state index in [1.807, 2.05) is 30.3 Å². The minimum absolute atomic E-state index is 0.145. The number of hydrogen-bond acceptors (Lipinski definition) is 4. The molecule has 1 amide bonds. The fraction of sp³-hybridized carbons (Fsp3) is 0.136. The van der Waals surface area contributed by atoms with E-state index in [0.29, 0.717) is 17.7 Å². The van der Waals surface area contributed by atoms with Crippen LogP contribution in [-0.2, 0) is 22.7 Å². The molecule has 1 aliphatic heterocycles. The lowest BCUT2D eigenvalue weighted by Gasteiger charge is -2.29. The van der Waals surface area contributed by atoms with Crippen LogP contribution in [0, 0.1) is 0 Å². The second-order valence-corrected chi connectivity index (χ2v) is 8.88. The summed E-state index contributed by atoms with van der Waals surface area (Å²) in [6, 6.07) is 17.9. The van der Waals surface area contributed by atoms with Crippen molar-refractivity contribution >= 4 is 21.6 Å². The van der Waals surface area contributed by atoms with Crippen molar-refractivity contribution in [1.29, 1.82) is 0 Å². The fourth-order valence-electron chi connectivity index (χ4n) is 3.32. The third-order valence-corrected chi connectivity index (χ3v) is 6.45. The Bertz CT molecular complexity index is 1240. The van der Waals surface area contributed by atoms with Gasteiger partial charge < -0.3 is 10.6 Å². The first kappa shape index (κ1) is 21.8. The summed E-state index contributed by atoms with van der Waals surface area (Å²) < 4.78 is 66.5. The molecule has 3 N–H and O–H groups in total. The van der Waals surface area contributed by atoms with Gasteiger partial charge in [-0.05, 0) is 41.5 Å². The van der Waals surface area contributed by atoms with Gasteiger partial charge in [0.2, 0.25) is 10.0 Å². The van der Waals surface area contributed by atoms with Gasteiger partial charge in [0.25, 0.3) is 5.91 Å². The number of rotatable bonds is 4. The largest absolute Gasteiger partial charge is 0.416 e. The zero-order valence-electron chi connectivity index (χ0n) is 16.5. The highest BCUT2D eigenvalue weighted by Gasteiger charge is 2.35. The lowest BCUT2D eigenvalue weighted by molar-refractivity contribution is -0.137. The third kappa shape index (κ3) is 4.61. The standard InChI is InChI=1S/C22H18F3N3O3S/c23-22(24,25)17-10-11-19-18(12-17)27-20(28-32(19,30)31)15-6-8-16(9-7-15)21(29)26-13-14-4-2-1-3-5-14/h1-12,20,27-28H,13H2,(H,26,29). The molecule has 3 aromatic carbocycles. The van der Waals surface area contributed by atoms with Crippen molar-refractivity contribution in [2.75, 3.05) is 5.32 Å². The number of halogens is 3. The molecule has 0 fully saturated rings. The van der Waals surface area contributed by atoms with Crippen molar-refractivity contribution in [1.82, 2.24) is 10.0 Å². The van der Waals surface area contributed by atoms with Crippen molar-refractivity contribution < 1.29 is 26.4 Å². The SMILES string of the molecule is O=C(NCc1ccccc1)c1ccc(C2Nc3cc(C(F)(F)F)ccc3S(=O)(=O)N2)cc1. The van der Waals surface area contributed by atoms with E-state index in [4.69, 9.17) is 0 Å². The van der Waals surface area contributed by atoms with Gasteiger partial charge in [0.15, 0.2) is 0 Å². The number of benzene rings is 3. The third-order valence-electron chi connectivity index (χ3n) is 4.97. The summed E-state index contributed by atoms with van der Waals surface area (Å²) in [6.07, 6.45) is -5.59. The van der Waals surface area contributed by atoms with E-state index < -0.39 is 27.9 Å². The van der Waals surface area contributed by atoms with Crippen LogP contribution in [0.2, 0.25) is 0 Å². The molecule has 0 bridgehead atoms. The molecule has 1 unspecified atom stereocenters. The van der Waals surface area contributed by atoms with Gasteiger partial charge in [0, 0.05) is 12.1 Å². The summed E-state index contributed by atoms with van der Waals surface area (Å²) in [5, 5.41) is 5.57. The Morgan fingerprint density at radius 1 is 0.969 bits per heavy atom. The smallest absolute Gasteiger partial charge is 0.364 e. The van der Waals surface area contributed by atoms with E-state index in [1.54, 1.807) is 0 Å². The average molecular weight is 461 g/mol. The summed E-state index contributed by atoms with van der Waals surface area (Å²) in [5.74, 6) is -0.308. The van der Waals surface area contributed by atoms with Crippen LogP contribution in [0.5, 0.6) is 0 Å². The summed E-state index contributed by atoms with van der Waals surface area (Å²) in [5.41, 5.74) is 0.646. The Balaban J connectivity index is 1.51. The van der Waals surface area contributed by atoms with Crippen LogP contribution in [0.4, 0.5) is 18.9 Å². The Labute approximate surface area is 182 Å². The molecule has 1 atom stereocenters. The first-order valence-corrected chi connectivity index (χ1v) is 11.0. The van der Waals surface area contributed by atoms with Gasteiger partial charge in [-0.25, -0.2) is 8.42 Å². The molecule has 4 rings (SSSR count). The van der Waals surface area contributed by atoms with Crippen LogP contribution in [0.1, 0.15) is 33.2 Å². The highest BCUT2D eigenvalue weighted by molar-refractivity contribution is 7.89. The molecule has 0 saturated heterocycles. The van der Waals surface area contributed by atoms with Crippen LogP contribution in [0.15, 0.2) is 77.7 Å². The molecule has 1 aliphatic rings. The van der Waals surface area contributed by atoms with Gasteiger partial charge in [-0.1, -0.05) is 42.5 Å². The molecule has 0 aliphatic carbocycles. The number of sulfonamides is 1. The highest BCUT2D eigenvalue weighted by Crippen LogP contribution is 2.37. The van der Waals surface area contributed by atoms with Crippen molar-refractivity contribution in [3.63, 3.8) is 0 Å². The molecule has 0 spiro atoms. The normalized spacial score (nSPS) is 17.2. The van der Waals surface area contributed by atoms with Crippen molar-refractivity contribution in [2.24, 2.45) is 0 Å². The summed E-state index contributed by atoms with van der Waals surface area (Å²) >= 11 is 0. The van der Waals surface area contributed by atoms with Crippen molar-refractivity contribution in [3.8, 4) is 0 Å². The van der Waals surface area contributed by atoms with Gasteiger partial charge in [-0.2, -0.15) is 17.9 Å². The fourth-order valence-corrected chi connectivity index (χ4v) is 4.60. The average Bonchev–Trinajstić information content (AvgIpc) is 2.77. The zero-order chi connectivity index (χ0) is 22.9.